The molecule has 1 amide bonds. The van der Waals surface area contributed by atoms with Gasteiger partial charge in [-0.25, -0.2) is 4.39 Å². The topological polar surface area (TPSA) is 88.1 Å². The predicted molar refractivity (Wildman–Crippen MR) is 105 cm³/mol. The molecule has 8 heteroatoms. The number of rotatable bonds is 7. The number of carboxylic acids is 1. The van der Waals surface area contributed by atoms with Crippen molar-refractivity contribution in [3.63, 3.8) is 0 Å². The number of nitrogens with zero attached hydrogens (tertiary/aromatic N) is 1. The van der Waals surface area contributed by atoms with Crippen LogP contribution >= 0.6 is 0 Å². The van der Waals surface area contributed by atoms with Crippen molar-refractivity contribution in [3.05, 3.63) is 53.3 Å². The number of anilines is 1. The third-order valence-electron chi connectivity index (χ3n) is 4.98. The van der Waals surface area contributed by atoms with Gasteiger partial charge in [0.15, 0.2) is 11.5 Å². The van der Waals surface area contributed by atoms with Crippen LogP contribution in [0, 0.1) is 5.82 Å². The lowest BCUT2D eigenvalue weighted by molar-refractivity contribution is -0.139. The standard InChI is InChI=1S/C21H23FN2O5/c1-28-18-9-13-7-8-24(12-20(25)23-16-6-4-3-5-15(16)22)17(11-21(26)27)14(13)10-19(18)29-2/h3-6,9-10,17H,7-8,11-12H2,1-2H3,(H,23,25)(H,26,27). The molecule has 0 radical (unpaired) electrons. The van der Waals surface area contributed by atoms with Crippen molar-refractivity contribution < 1.29 is 28.6 Å². The van der Waals surface area contributed by atoms with Gasteiger partial charge in [-0.3, -0.25) is 14.5 Å². The highest BCUT2D eigenvalue weighted by Gasteiger charge is 2.32. The number of hydrogen-bond donors (Lipinski definition) is 2. The first kappa shape index (κ1) is 20.6. The van der Waals surface area contributed by atoms with Crippen molar-refractivity contribution in [2.45, 2.75) is 18.9 Å². The molecule has 0 aliphatic carbocycles. The molecule has 2 aromatic carbocycles. The summed E-state index contributed by atoms with van der Waals surface area (Å²) in [6.45, 7) is 0.436. The number of carbonyl (C=O) groups is 2. The highest BCUT2D eigenvalue weighted by Crippen LogP contribution is 2.39. The Labute approximate surface area is 168 Å². The number of carbonyl (C=O) groups excluding carboxylic acids is 1. The number of benzene rings is 2. The van der Waals surface area contributed by atoms with Crippen LogP contribution in [-0.2, 0) is 16.0 Å². The smallest absolute Gasteiger partial charge is 0.305 e. The lowest BCUT2D eigenvalue weighted by Gasteiger charge is -2.36. The maximum Gasteiger partial charge on any atom is 0.305 e. The fraction of sp³-hybridized carbons (Fsp3) is 0.333. The van der Waals surface area contributed by atoms with Gasteiger partial charge < -0.3 is 19.9 Å². The molecule has 29 heavy (non-hydrogen) atoms. The van der Waals surface area contributed by atoms with Crippen LogP contribution in [0.5, 0.6) is 11.5 Å². The number of halogens is 1. The summed E-state index contributed by atoms with van der Waals surface area (Å²) in [5, 5.41) is 12.0. The Hall–Kier alpha value is -3.13. The molecular weight excluding hydrogens is 379 g/mol. The van der Waals surface area contributed by atoms with Gasteiger partial charge in [-0.2, -0.15) is 0 Å². The monoisotopic (exact) mass is 402 g/mol. The van der Waals surface area contributed by atoms with Crippen molar-refractivity contribution >= 4 is 17.6 Å². The van der Waals surface area contributed by atoms with E-state index >= 15 is 0 Å². The van der Waals surface area contributed by atoms with Crippen LogP contribution in [0.2, 0.25) is 0 Å². The second-order valence-corrected chi connectivity index (χ2v) is 6.77. The third-order valence-corrected chi connectivity index (χ3v) is 4.98. The number of hydrogen-bond acceptors (Lipinski definition) is 5. The van der Waals surface area contributed by atoms with Crippen LogP contribution < -0.4 is 14.8 Å². The van der Waals surface area contributed by atoms with E-state index in [1.807, 2.05) is 6.07 Å². The molecule has 1 aliphatic rings. The van der Waals surface area contributed by atoms with Gasteiger partial charge in [-0.1, -0.05) is 12.1 Å². The highest BCUT2D eigenvalue weighted by molar-refractivity contribution is 5.92. The number of carboxylic acid groups (broad SMARTS) is 1. The zero-order valence-corrected chi connectivity index (χ0v) is 16.3. The van der Waals surface area contributed by atoms with E-state index in [0.717, 1.165) is 11.1 Å². The van der Waals surface area contributed by atoms with Crippen LogP contribution in [0.15, 0.2) is 36.4 Å². The fourth-order valence-electron chi connectivity index (χ4n) is 3.61. The molecule has 0 aromatic heterocycles. The summed E-state index contributed by atoms with van der Waals surface area (Å²) in [6.07, 6.45) is 0.453. The first-order valence-electron chi connectivity index (χ1n) is 9.18. The van der Waals surface area contributed by atoms with E-state index in [1.165, 1.54) is 25.3 Å². The van der Waals surface area contributed by atoms with Crippen LogP contribution in [-0.4, -0.2) is 49.2 Å². The normalized spacial score (nSPS) is 16.0. The van der Waals surface area contributed by atoms with Gasteiger partial charge in [-0.05, 0) is 41.8 Å². The Morgan fingerprint density at radius 3 is 2.55 bits per heavy atom. The highest BCUT2D eigenvalue weighted by atomic mass is 19.1. The molecule has 0 bridgehead atoms. The zero-order valence-electron chi connectivity index (χ0n) is 16.3. The average molecular weight is 402 g/mol. The van der Waals surface area contributed by atoms with E-state index in [0.29, 0.717) is 24.5 Å². The minimum Gasteiger partial charge on any atom is -0.493 e. The fourth-order valence-corrected chi connectivity index (χ4v) is 3.61. The van der Waals surface area contributed by atoms with Crippen molar-refractivity contribution in [1.29, 1.82) is 0 Å². The van der Waals surface area contributed by atoms with E-state index in [-0.39, 0.29) is 18.7 Å². The molecule has 1 heterocycles. The molecule has 0 saturated heterocycles. The molecule has 2 N–H and O–H groups in total. The molecule has 0 saturated carbocycles. The van der Waals surface area contributed by atoms with Crippen LogP contribution in [0.4, 0.5) is 10.1 Å². The average Bonchev–Trinajstić information content (AvgIpc) is 2.70. The van der Waals surface area contributed by atoms with Gasteiger partial charge in [0.25, 0.3) is 0 Å². The molecule has 7 nitrogen and oxygen atoms in total. The first-order chi connectivity index (χ1) is 13.9. The molecular formula is C21H23FN2O5. The Kier molecular flexibility index (Phi) is 6.33. The van der Waals surface area contributed by atoms with Crippen molar-refractivity contribution in [3.8, 4) is 11.5 Å². The lowest BCUT2D eigenvalue weighted by Crippen LogP contribution is -2.41. The maximum atomic E-state index is 13.8. The summed E-state index contributed by atoms with van der Waals surface area (Å²) >= 11 is 0. The summed E-state index contributed by atoms with van der Waals surface area (Å²) < 4.78 is 24.5. The number of amides is 1. The maximum absolute atomic E-state index is 13.8. The lowest BCUT2D eigenvalue weighted by atomic mass is 9.90. The molecule has 1 aliphatic heterocycles. The molecule has 0 spiro atoms. The quantitative estimate of drug-likeness (QED) is 0.741. The third kappa shape index (κ3) is 4.65. The van der Waals surface area contributed by atoms with Gasteiger partial charge in [0.2, 0.25) is 5.91 Å². The van der Waals surface area contributed by atoms with E-state index in [2.05, 4.69) is 5.32 Å². The molecule has 0 fully saturated rings. The SMILES string of the molecule is COc1cc2c(cc1OC)C(CC(=O)O)N(CC(=O)Nc1ccccc1F)CC2. The number of nitrogens with one attached hydrogen (secondary N) is 1. The zero-order chi connectivity index (χ0) is 21.0. The first-order valence-corrected chi connectivity index (χ1v) is 9.18. The second-order valence-electron chi connectivity index (χ2n) is 6.77. The molecule has 154 valence electrons. The minimum atomic E-state index is -0.975. The predicted octanol–water partition coefficient (Wildman–Crippen LogP) is 2.86. The number of ether oxygens (including phenoxy) is 2. The van der Waals surface area contributed by atoms with E-state index in [1.54, 1.807) is 24.1 Å². The Morgan fingerprint density at radius 1 is 1.21 bits per heavy atom. The number of aliphatic carboxylic acids is 1. The summed E-state index contributed by atoms with van der Waals surface area (Å²) in [7, 11) is 3.06. The van der Waals surface area contributed by atoms with E-state index in [4.69, 9.17) is 9.47 Å². The Balaban J connectivity index is 1.84. The van der Waals surface area contributed by atoms with Gasteiger partial charge in [0.05, 0.1) is 32.9 Å². The summed E-state index contributed by atoms with van der Waals surface area (Å²) in [6, 6.07) is 9.01. The largest absolute Gasteiger partial charge is 0.493 e. The minimum absolute atomic E-state index is 0.0555. The second kappa shape index (κ2) is 8.91. The van der Waals surface area contributed by atoms with Crippen molar-refractivity contribution in [2.24, 2.45) is 0 Å². The molecule has 3 rings (SSSR count). The van der Waals surface area contributed by atoms with Crippen molar-refractivity contribution in [2.75, 3.05) is 32.6 Å². The van der Waals surface area contributed by atoms with Gasteiger partial charge >= 0.3 is 5.97 Å². The van der Waals surface area contributed by atoms with E-state index < -0.39 is 23.7 Å². The molecule has 1 atom stereocenters. The Bertz CT molecular complexity index is 918. The van der Waals surface area contributed by atoms with Gasteiger partial charge in [-0.15, -0.1) is 0 Å². The Morgan fingerprint density at radius 2 is 1.90 bits per heavy atom. The van der Waals surface area contributed by atoms with Gasteiger partial charge in [0.1, 0.15) is 5.82 Å². The summed E-state index contributed by atoms with van der Waals surface area (Å²) in [4.78, 5) is 25.8. The summed E-state index contributed by atoms with van der Waals surface area (Å²) in [5.74, 6) is -0.833. The molecule has 1 unspecified atom stereocenters. The molecule has 2 aromatic rings. The van der Waals surface area contributed by atoms with Crippen LogP contribution in [0.25, 0.3) is 0 Å². The van der Waals surface area contributed by atoms with Crippen LogP contribution in [0.1, 0.15) is 23.6 Å². The number of para-hydroxylation sites is 1. The van der Waals surface area contributed by atoms with E-state index in [9.17, 15) is 19.1 Å². The number of methoxy groups -OCH3 is 2. The summed E-state index contributed by atoms with van der Waals surface area (Å²) in [5.41, 5.74) is 1.84. The van der Waals surface area contributed by atoms with Gasteiger partial charge in [0, 0.05) is 12.6 Å². The number of fused-ring (bicyclic) bond motifs is 1. The van der Waals surface area contributed by atoms with Crippen LogP contribution in [0.3, 0.4) is 0 Å². The van der Waals surface area contributed by atoms with Crippen molar-refractivity contribution in [1.82, 2.24) is 4.90 Å².